The monoisotopic (exact) mass is 274 g/mol. The smallest absolute Gasteiger partial charge is 0.125 e. The molecule has 17 heavy (non-hydrogen) atoms. The lowest BCUT2D eigenvalue weighted by molar-refractivity contribution is 0.0294. The molecule has 0 saturated carbocycles. The largest absolute Gasteiger partial charge is 0.507 e. The highest BCUT2D eigenvalue weighted by Gasteiger charge is 2.20. The summed E-state index contributed by atoms with van der Waals surface area (Å²) in [6.45, 7) is 0. The van der Waals surface area contributed by atoms with Crippen LogP contribution in [0.15, 0.2) is 24.5 Å². The van der Waals surface area contributed by atoms with Gasteiger partial charge in [-0.25, -0.2) is 0 Å². The Balaban J connectivity index is 2.76. The lowest BCUT2D eigenvalue weighted by atomic mass is 10.1. The third kappa shape index (κ3) is 2.05. The van der Waals surface area contributed by atoms with Gasteiger partial charge in [0.05, 0.1) is 15.6 Å². The highest BCUT2D eigenvalue weighted by molar-refractivity contribution is 6.35. The van der Waals surface area contributed by atoms with Gasteiger partial charge in [0.25, 0.3) is 0 Å². The van der Waals surface area contributed by atoms with Crippen molar-refractivity contribution in [2.45, 2.75) is 0 Å². The summed E-state index contributed by atoms with van der Waals surface area (Å²) in [5, 5.41) is 28.3. The quantitative estimate of drug-likeness (QED) is 0.634. The van der Waals surface area contributed by atoms with Crippen LogP contribution in [0, 0.1) is 0 Å². The minimum Gasteiger partial charge on any atom is -0.507 e. The number of halogens is 2. The van der Waals surface area contributed by atoms with Gasteiger partial charge in [-0.05, 0) is 12.1 Å². The van der Waals surface area contributed by atoms with Crippen molar-refractivity contribution in [3.8, 4) is 16.9 Å². The Bertz CT molecular complexity index is 554. The molecule has 5 nitrogen and oxygen atoms in total. The fourth-order valence-corrected chi connectivity index (χ4v) is 2.00. The van der Waals surface area contributed by atoms with E-state index in [-0.39, 0.29) is 27.2 Å². The molecule has 2 aromatic rings. The van der Waals surface area contributed by atoms with Gasteiger partial charge in [-0.15, -0.1) is 5.23 Å². The summed E-state index contributed by atoms with van der Waals surface area (Å²) in [7, 11) is 0. The topological polar surface area (TPSA) is 79.7 Å². The Labute approximate surface area is 106 Å². The third-order valence-electron chi connectivity index (χ3n) is 2.27. The molecule has 0 radical (unpaired) electrons. The fourth-order valence-electron chi connectivity index (χ4n) is 1.55. The number of nitrogens with zero attached hydrogens (tertiary/aromatic N) is 1. The van der Waals surface area contributed by atoms with Crippen LogP contribution in [0.2, 0.25) is 10.0 Å². The summed E-state index contributed by atoms with van der Waals surface area (Å²) >= 11 is 11.7. The molecular weight excluding hydrogens is 267 g/mol. The van der Waals surface area contributed by atoms with Crippen molar-refractivity contribution >= 4 is 28.9 Å². The van der Waals surface area contributed by atoms with Crippen LogP contribution < -0.4 is 5.23 Å². The first kappa shape index (κ1) is 12.1. The minimum absolute atomic E-state index is 0.0695. The molecule has 0 saturated heterocycles. The maximum absolute atomic E-state index is 9.78. The van der Waals surface area contributed by atoms with Crippen molar-refractivity contribution in [2.24, 2.45) is 0 Å². The van der Waals surface area contributed by atoms with Crippen molar-refractivity contribution in [1.29, 1.82) is 0 Å². The number of rotatable bonds is 2. The van der Waals surface area contributed by atoms with Gasteiger partial charge in [0.2, 0.25) is 0 Å². The van der Waals surface area contributed by atoms with Crippen molar-refractivity contribution in [2.75, 3.05) is 5.23 Å². The van der Waals surface area contributed by atoms with Gasteiger partial charge in [0.1, 0.15) is 11.4 Å². The summed E-state index contributed by atoms with van der Waals surface area (Å²) in [6.07, 6.45) is 3.01. The first-order valence-corrected chi connectivity index (χ1v) is 5.30. The van der Waals surface area contributed by atoms with Crippen LogP contribution in [0.1, 0.15) is 0 Å². The van der Waals surface area contributed by atoms with E-state index in [1.165, 1.54) is 24.5 Å². The number of anilines is 1. The van der Waals surface area contributed by atoms with Crippen LogP contribution in [-0.2, 0) is 0 Å². The van der Waals surface area contributed by atoms with Crippen molar-refractivity contribution in [3.63, 3.8) is 0 Å². The van der Waals surface area contributed by atoms with E-state index in [0.717, 1.165) is 0 Å². The second-order valence-electron chi connectivity index (χ2n) is 3.30. The number of aromatic amines is 1. The number of H-pyrrole nitrogens is 1. The zero-order valence-electron chi connectivity index (χ0n) is 8.35. The van der Waals surface area contributed by atoms with Gasteiger partial charge in [0, 0.05) is 18.0 Å². The van der Waals surface area contributed by atoms with Gasteiger partial charge < -0.3 is 10.1 Å². The van der Waals surface area contributed by atoms with E-state index < -0.39 is 0 Å². The Hall–Kier alpha value is -1.40. The lowest BCUT2D eigenvalue weighted by Gasteiger charge is -2.16. The zero-order chi connectivity index (χ0) is 12.6. The molecule has 0 amide bonds. The second kappa shape index (κ2) is 4.46. The first-order valence-electron chi connectivity index (χ1n) is 4.54. The van der Waals surface area contributed by atoms with E-state index in [2.05, 4.69) is 4.98 Å². The van der Waals surface area contributed by atoms with Crippen molar-refractivity contribution in [1.82, 2.24) is 4.98 Å². The molecule has 0 spiro atoms. The van der Waals surface area contributed by atoms with Gasteiger partial charge in [-0.2, -0.15) is 0 Å². The molecule has 0 aliphatic carbocycles. The Morgan fingerprint density at radius 1 is 1.06 bits per heavy atom. The zero-order valence-corrected chi connectivity index (χ0v) is 9.87. The van der Waals surface area contributed by atoms with Gasteiger partial charge in [-0.3, -0.25) is 10.4 Å². The molecular formula is C10H8Cl2N2O3. The molecule has 0 atom stereocenters. The molecule has 0 aliphatic heterocycles. The number of aromatic hydroxyl groups is 1. The van der Waals surface area contributed by atoms with E-state index in [1.54, 1.807) is 0 Å². The maximum atomic E-state index is 9.78. The first-order chi connectivity index (χ1) is 8.02. The molecule has 0 aliphatic rings. The summed E-state index contributed by atoms with van der Waals surface area (Å²) in [4.78, 5) is 2.74. The number of aromatic nitrogens is 1. The number of phenolic OH excluding ortho intramolecular Hbond substituents is 1. The molecule has 4 N–H and O–H groups in total. The highest BCUT2D eigenvalue weighted by Crippen LogP contribution is 2.44. The van der Waals surface area contributed by atoms with E-state index in [4.69, 9.17) is 33.6 Å². The van der Waals surface area contributed by atoms with Crippen LogP contribution in [-0.4, -0.2) is 20.5 Å². The minimum atomic E-state index is -0.168. The highest BCUT2D eigenvalue weighted by atomic mass is 35.5. The maximum Gasteiger partial charge on any atom is 0.125 e. The average Bonchev–Trinajstić information content (AvgIpc) is 2.67. The van der Waals surface area contributed by atoms with Crippen LogP contribution >= 0.6 is 23.2 Å². The average molecular weight is 275 g/mol. The predicted octanol–water partition coefficient (Wildman–Crippen LogP) is 3.28. The molecule has 7 heteroatoms. The number of nitrogens with one attached hydrogen (secondary N) is 1. The van der Waals surface area contributed by atoms with Crippen LogP contribution in [0.5, 0.6) is 5.75 Å². The Morgan fingerprint density at radius 2 is 1.76 bits per heavy atom. The number of hydrogen-bond acceptors (Lipinski definition) is 4. The number of hydrogen-bond donors (Lipinski definition) is 4. The molecule has 90 valence electrons. The van der Waals surface area contributed by atoms with Crippen LogP contribution in [0.3, 0.4) is 0 Å². The van der Waals surface area contributed by atoms with E-state index in [0.29, 0.717) is 10.6 Å². The summed E-state index contributed by atoms with van der Waals surface area (Å²) in [5.74, 6) is -0.168. The fraction of sp³-hybridized carbons (Fsp3) is 0. The summed E-state index contributed by atoms with van der Waals surface area (Å²) in [5.41, 5.74) is 0.400. The van der Waals surface area contributed by atoms with E-state index >= 15 is 0 Å². The standard InChI is InChI=1S/C10H8Cl2N2O3/c11-6-1-2-8(15)9(10(6)14(16)17)5-3-13-4-7(5)12/h1-4,13,15-17H. The molecule has 0 unspecified atom stereocenters. The molecule has 1 heterocycles. The molecule has 0 fully saturated rings. The normalized spacial score (nSPS) is 10.6. The predicted molar refractivity (Wildman–Crippen MR) is 64.0 cm³/mol. The Kier molecular flexibility index (Phi) is 3.17. The number of phenols is 1. The van der Waals surface area contributed by atoms with Crippen LogP contribution in [0.25, 0.3) is 11.1 Å². The molecule has 1 aromatic heterocycles. The molecule has 0 bridgehead atoms. The molecule has 2 rings (SSSR count). The Morgan fingerprint density at radius 3 is 2.29 bits per heavy atom. The lowest BCUT2D eigenvalue weighted by Crippen LogP contribution is -2.12. The third-order valence-corrected chi connectivity index (χ3v) is 2.89. The van der Waals surface area contributed by atoms with E-state index in [9.17, 15) is 5.11 Å². The summed E-state index contributed by atoms with van der Waals surface area (Å²) < 4.78 is 0. The van der Waals surface area contributed by atoms with Crippen LogP contribution in [0.4, 0.5) is 5.69 Å². The van der Waals surface area contributed by atoms with E-state index in [1.807, 2.05) is 0 Å². The van der Waals surface area contributed by atoms with Crippen molar-refractivity contribution < 1.29 is 15.5 Å². The van der Waals surface area contributed by atoms with Gasteiger partial charge in [0.15, 0.2) is 0 Å². The second-order valence-corrected chi connectivity index (χ2v) is 4.11. The van der Waals surface area contributed by atoms with Gasteiger partial charge >= 0.3 is 0 Å². The summed E-state index contributed by atoms with van der Waals surface area (Å²) in [6, 6.07) is 2.68. The van der Waals surface area contributed by atoms with Crippen molar-refractivity contribution in [3.05, 3.63) is 34.6 Å². The molecule has 1 aromatic carbocycles. The van der Waals surface area contributed by atoms with Gasteiger partial charge in [-0.1, -0.05) is 23.2 Å². The number of benzene rings is 1. The SMILES string of the molecule is Oc1ccc(Cl)c(N(O)O)c1-c1c[nH]cc1Cl.